The third-order valence-corrected chi connectivity index (χ3v) is 3.12. The minimum atomic E-state index is -0.702. The van der Waals surface area contributed by atoms with Crippen LogP contribution in [0.1, 0.15) is 24.5 Å². The Labute approximate surface area is 106 Å². The number of benzene rings is 1. The van der Waals surface area contributed by atoms with Crippen LogP contribution in [0, 0.1) is 0 Å². The van der Waals surface area contributed by atoms with Gasteiger partial charge in [0.25, 0.3) is 0 Å². The zero-order chi connectivity index (χ0) is 13.1. The van der Waals surface area contributed by atoms with Crippen molar-refractivity contribution in [3.05, 3.63) is 29.3 Å². The SMILES string of the molecule is CC(NC(N)=O)C(=O)Nc1ccc2c(c1)CCC2. The molecule has 1 aliphatic carbocycles. The summed E-state index contributed by atoms with van der Waals surface area (Å²) < 4.78 is 0. The third-order valence-electron chi connectivity index (χ3n) is 3.12. The monoisotopic (exact) mass is 247 g/mol. The molecule has 1 unspecified atom stereocenters. The Hall–Kier alpha value is -2.04. The fraction of sp³-hybridized carbons (Fsp3) is 0.385. The summed E-state index contributed by atoms with van der Waals surface area (Å²) in [4.78, 5) is 22.4. The first-order valence-corrected chi connectivity index (χ1v) is 6.05. The first-order valence-electron chi connectivity index (χ1n) is 6.05. The Kier molecular flexibility index (Phi) is 3.50. The smallest absolute Gasteiger partial charge is 0.312 e. The number of hydrogen-bond donors (Lipinski definition) is 3. The number of fused-ring (bicyclic) bond motifs is 1. The lowest BCUT2D eigenvalue weighted by atomic mass is 10.1. The summed E-state index contributed by atoms with van der Waals surface area (Å²) in [6, 6.07) is 4.59. The van der Waals surface area contributed by atoms with Crippen LogP contribution < -0.4 is 16.4 Å². The van der Waals surface area contributed by atoms with Crippen molar-refractivity contribution in [3.63, 3.8) is 0 Å². The molecule has 0 spiro atoms. The van der Waals surface area contributed by atoms with Crippen LogP contribution in [0.4, 0.5) is 10.5 Å². The number of rotatable bonds is 3. The molecular weight excluding hydrogens is 230 g/mol. The maximum atomic E-state index is 11.8. The topological polar surface area (TPSA) is 84.2 Å². The van der Waals surface area contributed by atoms with Crippen LogP contribution >= 0.6 is 0 Å². The van der Waals surface area contributed by atoms with Gasteiger partial charge in [0.2, 0.25) is 5.91 Å². The van der Waals surface area contributed by atoms with Gasteiger partial charge in [-0.25, -0.2) is 4.79 Å². The van der Waals surface area contributed by atoms with E-state index in [1.54, 1.807) is 6.92 Å². The molecule has 0 saturated heterocycles. The summed E-state index contributed by atoms with van der Waals surface area (Å²) in [5.74, 6) is -0.272. The van der Waals surface area contributed by atoms with Crippen molar-refractivity contribution in [1.82, 2.24) is 5.32 Å². The molecule has 0 heterocycles. The zero-order valence-electron chi connectivity index (χ0n) is 10.3. The van der Waals surface area contributed by atoms with E-state index < -0.39 is 12.1 Å². The molecule has 0 aliphatic heterocycles. The van der Waals surface area contributed by atoms with Crippen molar-refractivity contribution in [2.24, 2.45) is 5.73 Å². The fourth-order valence-electron chi connectivity index (χ4n) is 2.18. The summed E-state index contributed by atoms with van der Waals surface area (Å²) in [5.41, 5.74) is 8.38. The van der Waals surface area contributed by atoms with Crippen molar-refractivity contribution in [1.29, 1.82) is 0 Å². The van der Waals surface area contributed by atoms with E-state index in [2.05, 4.69) is 10.6 Å². The number of nitrogens with one attached hydrogen (secondary N) is 2. The Morgan fingerprint density at radius 1 is 1.28 bits per heavy atom. The zero-order valence-corrected chi connectivity index (χ0v) is 10.3. The van der Waals surface area contributed by atoms with Gasteiger partial charge in [0, 0.05) is 5.69 Å². The van der Waals surface area contributed by atoms with Gasteiger partial charge in [-0.2, -0.15) is 0 Å². The standard InChI is InChI=1S/C13H17N3O2/c1-8(15-13(14)18)12(17)16-11-6-5-9-3-2-4-10(9)7-11/h5-8H,2-4H2,1H3,(H,16,17)(H3,14,15,18). The molecule has 1 aliphatic rings. The van der Waals surface area contributed by atoms with E-state index in [4.69, 9.17) is 5.73 Å². The fourth-order valence-corrected chi connectivity index (χ4v) is 2.18. The number of primary amides is 1. The molecule has 5 heteroatoms. The molecule has 96 valence electrons. The highest BCUT2D eigenvalue weighted by Crippen LogP contribution is 2.24. The van der Waals surface area contributed by atoms with Crippen LogP contribution in [0.2, 0.25) is 0 Å². The average Bonchev–Trinajstić information content (AvgIpc) is 2.75. The average molecular weight is 247 g/mol. The molecule has 0 radical (unpaired) electrons. The lowest BCUT2D eigenvalue weighted by molar-refractivity contribution is -0.117. The maximum absolute atomic E-state index is 11.8. The van der Waals surface area contributed by atoms with Crippen molar-refractivity contribution in [3.8, 4) is 0 Å². The quantitative estimate of drug-likeness (QED) is 0.749. The van der Waals surface area contributed by atoms with Crippen LogP contribution in [0.3, 0.4) is 0 Å². The Balaban J connectivity index is 2.01. The molecule has 5 nitrogen and oxygen atoms in total. The number of nitrogens with two attached hydrogens (primary N) is 1. The van der Waals surface area contributed by atoms with E-state index in [1.165, 1.54) is 17.5 Å². The van der Waals surface area contributed by atoms with Crippen molar-refractivity contribution < 1.29 is 9.59 Å². The van der Waals surface area contributed by atoms with Gasteiger partial charge >= 0.3 is 6.03 Å². The predicted molar refractivity (Wildman–Crippen MR) is 69.3 cm³/mol. The minimum Gasteiger partial charge on any atom is -0.352 e. The normalized spacial score (nSPS) is 14.7. The number of urea groups is 1. The summed E-state index contributed by atoms with van der Waals surface area (Å²) in [6.07, 6.45) is 3.35. The Morgan fingerprint density at radius 2 is 2.00 bits per heavy atom. The second kappa shape index (κ2) is 5.08. The Morgan fingerprint density at radius 3 is 2.72 bits per heavy atom. The molecular formula is C13H17N3O2. The van der Waals surface area contributed by atoms with Crippen LogP contribution in [0.5, 0.6) is 0 Å². The number of carbonyl (C=O) groups is 2. The molecule has 4 N–H and O–H groups in total. The third kappa shape index (κ3) is 2.80. The van der Waals surface area contributed by atoms with Crippen LogP contribution in [0.15, 0.2) is 18.2 Å². The second-order valence-electron chi connectivity index (χ2n) is 4.56. The highest BCUT2D eigenvalue weighted by molar-refractivity contribution is 5.96. The maximum Gasteiger partial charge on any atom is 0.312 e. The van der Waals surface area contributed by atoms with Crippen LogP contribution in [0.25, 0.3) is 0 Å². The highest BCUT2D eigenvalue weighted by atomic mass is 16.2. The van der Waals surface area contributed by atoms with Gasteiger partial charge < -0.3 is 16.4 Å². The van der Waals surface area contributed by atoms with Gasteiger partial charge in [-0.05, 0) is 49.4 Å². The van der Waals surface area contributed by atoms with Gasteiger partial charge in [-0.15, -0.1) is 0 Å². The van der Waals surface area contributed by atoms with Crippen LogP contribution in [-0.2, 0) is 17.6 Å². The summed E-state index contributed by atoms with van der Waals surface area (Å²) in [7, 11) is 0. The van der Waals surface area contributed by atoms with E-state index in [0.29, 0.717) is 0 Å². The number of amides is 3. The number of carbonyl (C=O) groups excluding carboxylic acids is 2. The van der Waals surface area contributed by atoms with E-state index in [1.807, 2.05) is 18.2 Å². The highest BCUT2D eigenvalue weighted by Gasteiger charge is 2.16. The first-order chi connectivity index (χ1) is 8.56. The lowest BCUT2D eigenvalue weighted by Gasteiger charge is -2.13. The molecule has 0 aromatic heterocycles. The predicted octanol–water partition coefficient (Wildman–Crippen LogP) is 1.17. The van der Waals surface area contributed by atoms with Gasteiger partial charge in [-0.1, -0.05) is 6.07 Å². The molecule has 18 heavy (non-hydrogen) atoms. The summed E-state index contributed by atoms with van der Waals surface area (Å²) in [5, 5.41) is 5.11. The molecule has 3 amide bonds. The van der Waals surface area contributed by atoms with Crippen molar-refractivity contribution in [2.75, 3.05) is 5.32 Å². The molecule has 0 saturated carbocycles. The number of hydrogen-bond acceptors (Lipinski definition) is 2. The van der Waals surface area contributed by atoms with E-state index in [9.17, 15) is 9.59 Å². The van der Waals surface area contributed by atoms with Gasteiger partial charge in [0.1, 0.15) is 6.04 Å². The summed E-state index contributed by atoms with van der Waals surface area (Å²) in [6.45, 7) is 1.59. The van der Waals surface area contributed by atoms with Crippen molar-refractivity contribution in [2.45, 2.75) is 32.2 Å². The number of anilines is 1. The van der Waals surface area contributed by atoms with Crippen molar-refractivity contribution >= 4 is 17.6 Å². The number of aryl methyl sites for hydroxylation is 2. The molecule has 0 fully saturated rings. The van der Waals surface area contributed by atoms with E-state index in [0.717, 1.165) is 18.5 Å². The summed E-state index contributed by atoms with van der Waals surface area (Å²) >= 11 is 0. The van der Waals surface area contributed by atoms with Gasteiger partial charge in [0.05, 0.1) is 0 Å². The lowest BCUT2D eigenvalue weighted by Crippen LogP contribution is -2.44. The second-order valence-corrected chi connectivity index (χ2v) is 4.56. The molecule has 1 aromatic rings. The largest absolute Gasteiger partial charge is 0.352 e. The van der Waals surface area contributed by atoms with E-state index in [-0.39, 0.29) is 5.91 Å². The van der Waals surface area contributed by atoms with Crippen LogP contribution in [-0.4, -0.2) is 18.0 Å². The molecule has 1 atom stereocenters. The molecule has 2 rings (SSSR count). The minimum absolute atomic E-state index is 0.272. The van der Waals surface area contributed by atoms with Gasteiger partial charge in [-0.3, -0.25) is 4.79 Å². The van der Waals surface area contributed by atoms with Gasteiger partial charge in [0.15, 0.2) is 0 Å². The molecule has 1 aromatic carbocycles. The molecule has 0 bridgehead atoms. The first kappa shape index (κ1) is 12.4. The van der Waals surface area contributed by atoms with E-state index >= 15 is 0 Å². The Bertz CT molecular complexity index is 485.